The Morgan fingerprint density at radius 3 is 2.82 bits per heavy atom. The van der Waals surface area contributed by atoms with Gasteiger partial charge in [0.1, 0.15) is 5.75 Å². The SMILES string of the molecule is COc1cccc(CC(Br)c2sccc2Br)c1. The minimum atomic E-state index is 0.337. The smallest absolute Gasteiger partial charge is 0.119 e. The van der Waals surface area contributed by atoms with Gasteiger partial charge < -0.3 is 4.74 Å². The van der Waals surface area contributed by atoms with Crippen LogP contribution in [0, 0.1) is 0 Å². The van der Waals surface area contributed by atoms with Crippen LogP contribution in [0.2, 0.25) is 0 Å². The molecule has 0 amide bonds. The zero-order chi connectivity index (χ0) is 12.3. The minimum Gasteiger partial charge on any atom is -0.497 e. The lowest BCUT2D eigenvalue weighted by molar-refractivity contribution is 0.414. The lowest BCUT2D eigenvalue weighted by Gasteiger charge is -2.10. The molecule has 1 aromatic heterocycles. The van der Waals surface area contributed by atoms with Crippen molar-refractivity contribution in [3.05, 3.63) is 50.6 Å². The molecule has 0 N–H and O–H groups in total. The second kappa shape index (κ2) is 6.03. The highest BCUT2D eigenvalue weighted by Crippen LogP contribution is 2.36. The Kier molecular flexibility index (Phi) is 4.65. The summed E-state index contributed by atoms with van der Waals surface area (Å²) < 4.78 is 6.40. The van der Waals surface area contributed by atoms with Crippen molar-refractivity contribution >= 4 is 43.2 Å². The molecule has 1 nitrogen and oxygen atoms in total. The van der Waals surface area contributed by atoms with Crippen LogP contribution in [0.1, 0.15) is 15.3 Å². The first-order chi connectivity index (χ1) is 8.20. The molecule has 2 aromatic rings. The molecule has 0 aliphatic heterocycles. The third-order valence-electron chi connectivity index (χ3n) is 2.48. The fraction of sp³-hybridized carbons (Fsp3) is 0.231. The van der Waals surface area contributed by atoms with E-state index < -0.39 is 0 Å². The minimum absolute atomic E-state index is 0.337. The Morgan fingerprint density at radius 1 is 1.35 bits per heavy atom. The summed E-state index contributed by atoms with van der Waals surface area (Å²) in [7, 11) is 1.70. The van der Waals surface area contributed by atoms with Crippen LogP contribution in [0.25, 0.3) is 0 Å². The van der Waals surface area contributed by atoms with Gasteiger partial charge in [-0.25, -0.2) is 0 Å². The highest BCUT2D eigenvalue weighted by Gasteiger charge is 2.13. The monoisotopic (exact) mass is 374 g/mol. The summed E-state index contributed by atoms with van der Waals surface area (Å²) >= 11 is 9.06. The van der Waals surface area contributed by atoms with Gasteiger partial charge in [0.05, 0.1) is 11.9 Å². The van der Waals surface area contributed by atoms with Crippen molar-refractivity contribution in [1.29, 1.82) is 0 Å². The van der Waals surface area contributed by atoms with Crippen molar-refractivity contribution in [2.75, 3.05) is 7.11 Å². The first-order valence-corrected chi connectivity index (χ1v) is 7.79. The molecule has 90 valence electrons. The van der Waals surface area contributed by atoms with Gasteiger partial charge in [0, 0.05) is 9.35 Å². The number of hydrogen-bond donors (Lipinski definition) is 0. The molecule has 17 heavy (non-hydrogen) atoms. The van der Waals surface area contributed by atoms with Crippen molar-refractivity contribution < 1.29 is 4.74 Å². The third kappa shape index (κ3) is 3.33. The Balaban J connectivity index is 2.13. The lowest BCUT2D eigenvalue weighted by Crippen LogP contribution is -1.94. The molecule has 4 heteroatoms. The summed E-state index contributed by atoms with van der Waals surface area (Å²) in [6.45, 7) is 0. The Labute approximate surface area is 122 Å². The Hall–Kier alpha value is -0.320. The summed E-state index contributed by atoms with van der Waals surface area (Å²) in [6.07, 6.45) is 0.955. The fourth-order valence-electron chi connectivity index (χ4n) is 1.63. The van der Waals surface area contributed by atoms with E-state index in [1.165, 1.54) is 14.9 Å². The third-order valence-corrected chi connectivity index (χ3v) is 5.55. The number of rotatable bonds is 4. The van der Waals surface area contributed by atoms with Crippen LogP contribution < -0.4 is 4.74 Å². The summed E-state index contributed by atoms with van der Waals surface area (Å²) in [4.78, 5) is 1.66. The average molecular weight is 376 g/mol. The summed E-state index contributed by atoms with van der Waals surface area (Å²) in [5.74, 6) is 0.910. The topological polar surface area (TPSA) is 9.23 Å². The number of benzene rings is 1. The predicted molar refractivity (Wildman–Crippen MR) is 80.4 cm³/mol. The second-order valence-corrected chi connectivity index (χ2v) is 6.56. The second-order valence-electron chi connectivity index (χ2n) is 3.66. The van der Waals surface area contributed by atoms with Gasteiger partial charge in [-0.15, -0.1) is 11.3 Å². The van der Waals surface area contributed by atoms with Crippen LogP contribution in [-0.2, 0) is 6.42 Å². The predicted octanol–water partition coefficient (Wildman–Crippen LogP) is 5.20. The first kappa shape index (κ1) is 13.1. The maximum atomic E-state index is 5.23. The molecule has 0 spiro atoms. The van der Waals surface area contributed by atoms with E-state index >= 15 is 0 Å². The highest BCUT2D eigenvalue weighted by atomic mass is 79.9. The van der Waals surface area contributed by atoms with Gasteiger partial charge in [-0.2, -0.15) is 0 Å². The van der Waals surface area contributed by atoms with Gasteiger partial charge in [-0.05, 0) is 51.5 Å². The van der Waals surface area contributed by atoms with Gasteiger partial charge in [0.15, 0.2) is 0 Å². The molecule has 0 saturated carbocycles. The molecular weight excluding hydrogens is 364 g/mol. The van der Waals surface area contributed by atoms with Crippen LogP contribution in [0.3, 0.4) is 0 Å². The number of thiophene rings is 1. The summed E-state index contributed by atoms with van der Waals surface area (Å²) in [5.41, 5.74) is 1.27. The largest absolute Gasteiger partial charge is 0.497 e. The highest BCUT2D eigenvalue weighted by molar-refractivity contribution is 9.11. The zero-order valence-electron chi connectivity index (χ0n) is 9.32. The molecule has 1 aromatic carbocycles. The summed E-state index contributed by atoms with van der Waals surface area (Å²) in [6, 6.07) is 10.3. The van der Waals surface area contributed by atoms with Crippen molar-refractivity contribution in [2.45, 2.75) is 11.2 Å². The molecule has 0 radical (unpaired) electrons. The van der Waals surface area contributed by atoms with Gasteiger partial charge in [0.2, 0.25) is 0 Å². The van der Waals surface area contributed by atoms with E-state index in [2.05, 4.69) is 55.4 Å². The summed E-state index contributed by atoms with van der Waals surface area (Å²) in [5, 5.41) is 2.10. The van der Waals surface area contributed by atoms with Gasteiger partial charge >= 0.3 is 0 Å². The van der Waals surface area contributed by atoms with Crippen molar-refractivity contribution in [1.82, 2.24) is 0 Å². The van der Waals surface area contributed by atoms with E-state index in [1.54, 1.807) is 18.4 Å². The zero-order valence-corrected chi connectivity index (χ0v) is 13.3. The van der Waals surface area contributed by atoms with E-state index in [1.807, 2.05) is 12.1 Å². The van der Waals surface area contributed by atoms with E-state index in [4.69, 9.17) is 4.74 Å². The van der Waals surface area contributed by atoms with Gasteiger partial charge in [-0.3, -0.25) is 0 Å². The number of ether oxygens (including phenoxy) is 1. The first-order valence-electron chi connectivity index (χ1n) is 5.20. The van der Waals surface area contributed by atoms with E-state index in [0.29, 0.717) is 4.83 Å². The maximum Gasteiger partial charge on any atom is 0.119 e. The van der Waals surface area contributed by atoms with Gasteiger partial charge in [0.25, 0.3) is 0 Å². The molecule has 0 saturated heterocycles. The normalized spacial score (nSPS) is 12.4. The van der Waals surface area contributed by atoms with Crippen LogP contribution in [0.5, 0.6) is 5.75 Å². The molecule has 2 rings (SSSR count). The van der Waals surface area contributed by atoms with Crippen LogP contribution in [0.4, 0.5) is 0 Å². The van der Waals surface area contributed by atoms with Crippen LogP contribution in [0.15, 0.2) is 40.2 Å². The lowest BCUT2D eigenvalue weighted by atomic mass is 10.1. The molecule has 1 atom stereocenters. The average Bonchev–Trinajstić information content (AvgIpc) is 2.76. The molecule has 0 bridgehead atoms. The van der Waals surface area contributed by atoms with Crippen molar-refractivity contribution in [2.24, 2.45) is 0 Å². The number of halogens is 2. The van der Waals surface area contributed by atoms with Crippen molar-refractivity contribution in [3.63, 3.8) is 0 Å². The van der Waals surface area contributed by atoms with E-state index in [9.17, 15) is 0 Å². The quantitative estimate of drug-likeness (QED) is 0.667. The molecule has 1 heterocycles. The Bertz CT molecular complexity index is 496. The number of hydrogen-bond acceptors (Lipinski definition) is 2. The van der Waals surface area contributed by atoms with Crippen LogP contribution in [-0.4, -0.2) is 7.11 Å². The maximum absolute atomic E-state index is 5.23. The molecule has 0 aliphatic rings. The molecule has 0 fully saturated rings. The molecule has 1 unspecified atom stereocenters. The molecule has 0 aliphatic carbocycles. The fourth-order valence-corrected chi connectivity index (χ4v) is 4.51. The standard InChI is InChI=1S/C13H12Br2OS/c1-16-10-4-2-3-9(7-10)8-12(15)13-11(14)5-6-17-13/h2-7,12H,8H2,1H3. The van der Waals surface area contributed by atoms with Crippen LogP contribution >= 0.6 is 43.2 Å². The molecular formula is C13H12Br2OS. The number of methoxy groups -OCH3 is 1. The number of alkyl halides is 1. The Morgan fingerprint density at radius 2 is 2.18 bits per heavy atom. The van der Waals surface area contributed by atoms with E-state index in [0.717, 1.165) is 12.2 Å². The van der Waals surface area contributed by atoms with Gasteiger partial charge in [-0.1, -0.05) is 28.1 Å². The van der Waals surface area contributed by atoms with Crippen molar-refractivity contribution in [3.8, 4) is 5.75 Å². The van der Waals surface area contributed by atoms with E-state index in [-0.39, 0.29) is 0 Å².